The molecule has 1 aromatic heterocycles. The van der Waals surface area contributed by atoms with E-state index in [0.717, 1.165) is 25.3 Å². The number of hydrogen-bond donors (Lipinski definition) is 0. The second-order valence-electron chi connectivity index (χ2n) is 2.45. The van der Waals surface area contributed by atoms with E-state index in [-0.39, 0.29) is 0 Å². The number of aryl methyl sites for hydroxylation is 2. The molecule has 0 unspecified atom stereocenters. The summed E-state index contributed by atoms with van der Waals surface area (Å²) in [5.41, 5.74) is 0. The summed E-state index contributed by atoms with van der Waals surface area (Å²) < 4.78 is 6.85. The molecule has 0 N–H and O–H groups in total. The van der Waals surface area contributed by atoms with Gasteiger partial charge in [0.05, 0.1) is 0 Å². The Morgan fingerprint density at radius 3 is 3.00 bits per heavy atom. The van der Waals surface area contributed by atoms with Crippen LogP contribution in [0.3, 0.4) is 0 Å². The molecule has 0 aliphatic heterocycles. The van der Waals surface area contributed by atoms with E-state index in [4.69, 9.17) is 4.74 Å². The molecule has 4 heteroatoms. The van der Waals surface area contributed by atoms with E-state index in [9.17, 15) is 0 Å². The molecule has 0 radical (unpaired) electrons. The van der Waals surface area contributed by atoms with Gasteiger partial charge < -0.3 is 9.30 Å². The monoisotopic (exact) mass is 155 g/mol. The average Bonchev–Trinajstić information content (AvgIpc) is 2.37. The van der Waals surface area contributed by atoms with Gasteiger partial charge in [-0.2, -0.15) is 0 Å². The number of hydrogen-bond acceptors (Lipinski definition) is 3. The molecule has 1 heterocycles. The molecule has 0 aliphatic carbocycles. The summed E-state index contributed by atoms with van der Waals surface area (Å²) in [7, 11) is 3.65. The fourth-order valence-electron chi connectivity index (χ4n) is 0.908. The molecule has 62 valence electrons. The van der Waals surface area contributed by atoms with Gasteiger partial charge in [-0.3, -0.25) is 0 Å². The fraction of sp³-hybridized carbons (Fsp3) is 0.714. The minimum absolute atomic E-state index is 0.785. The molecule has 0 saturated carbocycles. The third kappa shape index (κ3) is 2.31. The fourth-order valence-corrected chi connectivity index (χ4v) is 0.908. The maximum absolute atomic E-state index is 4.92. The Labute approximate surface area is 66.2 Å². The predicted molar refractivity (Wildman–Crippen MR) is 41.2 cm³/mol. The summed E-state index contributed by atoms with van der Waals surface area (Å²) >= 11 is 0. The first-order chi connectivity index (χ1) is 5.34. The van der Waals surface area contributed by atoms with Crippen LogP contribution in [-0.4, -0.2) is 28.5 Å². The summed E-state index contributed by atoms with van der Waals surface area (Å²) in [5.74, 6) is 1.02. The van der Waals surface area contributed by atoms with Crippen molar-refractivity contribution in [2.45, 2.75) is 12.8 Å². The quantitative estimate of drug-likeness (QED) is 0.591. The van der Waals surface area contributed by atoms with Crippen molar-refractivity contribution in [1.82, 2.24) is 14.8 Å². The van der Waals surface area contributed by atoms with Crippen molar-refractivity contribution >= 4 is 0 Å². The van der Waals surface area contributed by atoms with E-state index in [2.05, 4.69) is 10.2 Å². The molecule has 0 fully saturated rings. The van der Waals surface area contributed by atoms with Gasteiger partial charge in [-0.15, -0.1) is 10.2 Å². The van der Waals surface area contributed by atoms with Crippen LogP contribution < -0.4 is 0 Å². The first kappa shape index (κ1) is 8.20. The van der Waals surface area contributed by atoms with Crippen molar-refractivity contribution in [3.8, 4) is 0 Å². The minimum atomic E-state index is 0.785. The number of ether oxygens (including phenoxy) is 1. The lowest BCUT2D eigenvalue weighted by Gasteiger charge is -1.98. The van der Waals surface area contributed by atoms with E-state index < -0.39 is 0 Å². The number of methoxy groups -OCH3 is 1. The highest BCUT2D eigenvalue weighted by Crippen LogP contribution is 1.96. The molecule has 1 rings (SSSR count). The van der Waals surface area contributed by atoms with Gasteiger partial charge in [-0.05, 0) is 6.42 Å². The van der Waals surface area contributed by atoms with Gasteiger partial charge in [0.25, 0.3) is 0 Å². The van der Waals surface area contributed by atoms with Crippen LogP contribution in [0.2, 0.25) is 0 Å². The normalized spacial score (nSPS) is 10.4. The van der Waals surface area contributed by atoms with Crippen LogP contribution in [0, 0.1) is 0 Å². The average molecular weight is 155 g/mol. The highest BCUT2D eigenvalue weighted by Gasteiger charge is 1.98. The van der Waals surface area contributed by atoms with E-state index in [1.807, 2.05) is 11.6 Å². The first-order valence-electron chi connectivity index (χ1n) is 3.66. The SMILES string of the molecule is COCCCc1nncn1C. The summed E-state index contributed by atoms with van der Waals surface area (Å²) in [6, 6.07) is 0. The number of rotatable bonds is 4. The highest BCUT2D eigenvalue weighted by molar-refractivity contribution is 4.83. The maximum atomic E-state index is 4.92. The number of nitrogens with zero attached hydrogens (tertiary/aromatic N) is 3. The molecule has 0 aromatic carbocycles. The summed E-state index contributed by atoms with van der Waals surface area (Å²) in [6.07, 6.45) is 3.65. The van der Waals surface area contributed by atoms with Gasteiger partial charge in [-0.1, -0.05) is 0 Å². The standard InChI is InChI=1S/C7H13N3O/c1-10-6-8-9-7(10)4-3-5-11-2/h6H,3-5H2,1-2H3. The van der Waals surface area contributed by atoms with Crippen molar-refractivity contribution < 1.29 is 4.74 Å². The molecular weight excluding hydrogens is 142 g/mol. The van der Waals surface area contributed by atoms with Gasteiger partial charge >= 0.3 is 0 Å². The highest BCUT2D eigenvalue weighted by atomic mass is 16.5. The van der Waals surface area contributed by atoms with Crippen LogP contribution in [0.4, 0.5) is 0 Å². The van der Waals surface area contributed by atoms with E-state index in [0.29, 0.717) is 0 Å². The van der Waals surface area contributed by atoms with Crippen LogP contribution in [-0.2, 0) is 18.2 Å². The lowest BCUT2D eigenvalue weighted by molar-refractivity contribution is 0.194. The van der Waals surface area contributed by atoms with E-state index >= 15 is 0 Å². The van der Waals surface area contributed by atoms with Crippen LogP contribution in [0.1, 0.15) is 12.2 Å². The maximum Gasteiger partial charge on any atom is 0.132 e. The van der Waals surface area contributed by atoms with Gasteiger partial charge in [0.1, 0.15) is 12.2 Å². The van der Waals surface area contributed by atoms with E-state index in [1.54, 1.807) is 13.4 Å². The zero-order chi connectivity index (χ0) is 8.10. The second kappa shape index (κ2) is 4.08. The van der Waals surface area contributed by atoms with Crippen LogP contribution in [0.5, 0.6) is 0 Å². The largest absolute Gasteiger partial charge is 0.385 e. The smallest absolute Gasteiger partial charge is 0.132 e. The molecule has 4 nitrogen and oxygen atoms in total. The molecule has 11 heavy (non-hydrogen) atoms. The van der Waals surface area contributed by atoms with Crippen molar-refractivity contribution in [2.24, 2.45) is 7.05 Å². The molecule has 0 bridgehead atoms. The summed E-state index contributed by atoms with van der Waals surface area (Å²) in [4.78, 5) is 0. The Hall–Kier alpha value is -0.900. The van der Waals surface area contributed by atoms with Gasteiger partial charge in [-0.25, -0.2) is 0 Å². The van der Waals surface area contributed by atoms with Gasteiger partial charge in [0.15, 0.2) is 0 Å². The molecule has 0 saturated heterocycles. The van der Waals surface area contributed by atoms with Crippen LogP contribution in [0.15, 0.2) is 6.33 Å². The molecule has 0 aliphatic rings. The minimum Gasteiger partial charge on any atom is -0.385 e. The number of aromatic nitrogens is 3. The zero-order valence-corrected chi connectivity index (χ0v) is 6.95. The Morgan fingerprint density at radius 1 is 1.64 bits per heavy atom. The zero-order valence-electron chi connectivity index (χ0n) is 6.95. The van der Waals surface area contributed by atoms with E-state index in [1.165, 1.54) is 0 Å². The van der Waals surface area contributed by atoms with Crippen molar-refractivity contribution in [1.29, 1.82) is 0 Å². The summed E-state index contributed by atoms with van der Waals surface area (Å²) in [5, 5.41) is 7.72. The van der Waals surface area contributed by atoms with Crippen molar-refractivity contribution in [3.63, 3.8) is 0 Å². The van der Waals surface area contributed by atoms with Crippen LogP contribution in [0.25, 0.3) is 0 Å². The lowest BCUT2D eigenvalue weighted by atomic mass is 10.3. The third-order valence-electron chi connectivity index (χ3n) is 1.55. The molecule has 0 spiro atoms. The molecule has 0 amide bonds. The Bertz CT molecular complexity index is 209. The lowest BCUT2D eigenvalue weighted by Crippen LogP contribution is -1.99. The topological polar surface area (TPSA) is 39.9 Å². The Balaban J connectivity index is 2.32. The van der Waals surface area contributed by atoms with Gasteiger partial charge in [0.2, 0.25) is 0 Å². The second-order valence-corrected chi connectivity index (χ2v) is 2.45. The Kier molecular flexibility index (Phi) is 3.04. The summed E-state index contributed by atoms with van der Waals surface area (Å²) in [6.45, 7) is 0.785. The third-order valence-corrected chi connectivity index (χ3v) is 1.55. The van der Waals surface area contributed by atoms with Crippen molar-refractivity contribution in [3.05, 3.63) is 12.2 Å². The predicted octanol–water partition coefficient (Wildman–Crippen LogP) is 0.394. The molecule has 0 atom stereocenters. The Morgan fingerprint density at radius 2 is 2.45 bits per heavy atom. The molecule has 1 aromatic rings. The van der Waals surface area contributed by atoms with Gasteiger partial charge in [0, 0.05) is 27.2 Å². The van der Waals surface area contributed by atoms with Crippen molar-refractivity contribution in [2.75, 3.05) is 13.7 Å². The van der Waals surface area contributed by atoms with Crippen LogP contribution >= 0.6 is 0 Å². The molecular formula is C7H13N3O. The first-order valence-corrected chi connectivity index (χ1v) is 3.66.